The van der Waals surface area contributed by atoms with Crippen LogP contribution in [0, 0.1) is 10.1 Å². The number of amides is 1. The monoisotopic (exact) mass is 367 g/mol. The SMILES string of the molecule is O=C(Cc1ccccc1[N+](=O)[O-])N/N=C/c1ccc(Br)s1. The van der Waals surface area contributed by atoms with Gasteiger partial charge in [-0.3, -0.25) is 14.9 Å². The van der Waals surface area contributed by atoms with Gasteiger partial charge in [0.1, 0.15) is 0 Å². The van der Waals surface area contributed by atoms with Gasteiger partial charge in [-0.15, -0.1) is 11.3 Å². The molecule has 0 atom stereocenters. The Labute approximate surface area is 132 Å². The fourth-order valence-corrected chi connectivity index (χ4v) is 2.91. The lowest BCUT2D eigenvalue weighted by Gasteiger charge is -2.01. The minimum absolute atomic E-state index is 0.0705. The number of rotatable bonds is 5. The van der Waals surface area contributed by atoms with E-state index in [1.807, 2.05) is 12.1 Å². The average molecular weight is 368 g/mol. The van der Waals surface area contributed by atoms with Crippen molar-refractivity contribution in [2.45, 2.75) is 6.42 Å². The van der Waals surface area contributed by atoms with Crippen LogP contribution >= 0.6 is 27.3 Å². The Hall–Kier alpha value is -2.06. The lowest BCUT2D eigenvalue weighted by molar-refractivity contribution is -0.385. The number of nitrogens with one attached hydrogen (secondary N) is 1. The van der Waals surface area contributed by atoms with E-state index in [0.29, 0.717) is 5.56 Å². The highest BCUT2D eigenvalue weighted by molar-refractivity contribution is 9.11. The van der Waals surface area contributed by atoms with Crippen LogP contribution in [0.4, 0.5) is 5.69 Å². The first-order chi connectivity index (χ1) is 10.1. The lowest BCUT2D eigenvalue weighted by atomic mass is 10.1. The quantitative estimate of drug-likeness (QED) is 0.500. The standard InChI is InChI=1S/C13H10BrN3O3S/c14-12-6-5-10(21-12)8-15-16-13(18)7-9-3-1-2-4-11(9)17(19)20/h1-6,8H,7H2,(H,16,18)/b15-8+. The number of carbonyl (C=O) groups is 1. The molecule has 0 saturated carbocycles. The Morgan fingerprint density at radius 3 is 2.81 bits per heavy atom. The number of thiophene rings is 1. The van der Waals surface area contributed by atoms with Crippen molar-refractivity contribution in [3.05, 3.63) is 60.7 Å². The van der Waals surface area contributed by atoms with Crippen LogP contribution in [-0.2, 0) is 11.2 Å². The summed E-state index contributed by atoms with van der Waals surface area (Å²) in [6.45, 7) is 0. The van der Waals surface area contributed by atoms with Crippen molar-refractivity contribution < 1.29 is 9.72 Å². The molecule has 0 saturated heterocycles. The topological polar surface area (TPSA) is 84.6 Å². The summed E-state index contributed by atoms with van der Waals surface area (Å²) >= 11 is 4.80. The molecule has 0 aliphatic heterocycles. The van der Waals surface area contributed by atoms with E-state index < -0.39 is 10.8 Å². The normalized spacial score (nSPS) is 10.7. The molecule has 1 aromatic heterocycles. The third kappa shape index (κ3) is 4.47. The predicted molar refractivity (Wildman–Crippen MR) is 84.6 cm³/mol. The predicted octanol–water partition coefficient (Wildman–Crippen LogP) is 3.11. The minimum atomic E-state index is -0.505. The second-order valence-corrected chi connectivity index (χ2v) is 6.49. The van der Waals surface area contributed by atoms with E-state index in [0.717, 1.165) is 8.66 Å². The van der Waals surface area contributed by atoms with Crippen LogP contribution in [0.2, 0.25) is 0 Å². The molecule has 0 aliphatic carbocycles. The highest BCUT2D eigenvalue weighted by Crippen LogP contribution is 2.20. The number of nitro groups is 1. The summed E-state index contributed by atoms with van der Waals surface area (Å²) in [6.07, 6.45) is 1.43. The second-order valence-electron chi connectivity index (χ2n) is 4.00. The molecule has 2 aromatic rings. The van der Waals surface area contributed by atoms with Gasteiger partial charge < -0.3 is 0 Å². The molecular formula is C13H10BrN3O3S. The molecule has 0 spiro atoms. The van der Waals surface area contributed by atoms with E-state index in [2.05, 4.69) is 26.5 Å². The Morgan fingerprint density at radius 1 is 1.38 bits per heavy atom. The second kappa shape index (κ2) is 7.09. The summed E-state index contributed by atoms with van der Waals surface area (Å²) in [7, 11) is 0. The summed E-state index contributed by atoms with van der Waals surface area (Å²) in [5.41, 5.74) is 2.64. The van der Waals surface area contributed by atoms with Crippen LogP contribution in [-0.4, -0.2) is 17.0 Å². The van der Waals surface area contributed by atoms with E-state index in [-0.39, 0.29) is 12.1 Å². The molecular weight excluding hydrogens is 358 g/mol. The van der Waals surface area contributed by atoms with Gasteiger partial charge in [0.15, 0.2) is 0 Å². The van der Waals surface area contributed by atoms with Gasteiger partial charge in [0.2, 0.25) is 5.91 Å². The largest absolute Gasteiger partial charge is 0.273 e. The number of halogens is 1. The van der Waals surface area contributed by atoms with Crippen LogP contribution in [0.25, 0.3) is 0 Å². The lowest BCUT2D eigenvalue weighted by Crippen LogP contribution is -2.20. The maximum absolute atomic E-state index is 11.7. The van der Waals surface area contributed by atoms with Gasteiger partial charge in [-0.2, -0.15) is 5.10 Å². The molecule has 0 aliphatic rings. The van der Waals surface area contributed by atoms with Gasteiger partial charge in [0.25, 0.3) is 5.69 Å². The van der Waals surface area contributed by atoms with Gasteiger partial charge in [-0.1, -0.05) is 18.2 Å². The van der Waals surface area contributed by atoms with Crippen molar-refractivity contribution in [1.29, 1.82) is 0 Å². The first-order valence-electron chi connectivity index (χ1n) is 5.86. The fourth-order valence-electron chi connectivity index (χ4n) is 1.62. The van der Waals surface area contributed by atoms with Crippen molar-refractivity contribution >= 4 is 45.1 Å². The molecule has 6 nitrogen and oxygen atoms in total. The van der Waals surface area contributed by atoms with Crippen molar-refractivity contribution in [2.75, 3.05) is 0 Å². The number of hydrogen-bond donors (Lipinski definition) is 1. The highest BCUT2D eigenvalue weighted by Gasteiger charge is 2.14. The number of benzene rings is 1. The molecule has 0 radical (unpaired) electrons. The van der Waals surface area contributed by atoms with Crippen LogP contribution in [0.3, 0.4) is 0 Å². The number of nitrogens with zero attached hydrogens (tertiary/aromatic N) is 2. The molecule has 1 heterocycles. The average Bonchev–Trinajstić information content (AvgIpc) is 2.85. The van der Waals surface area contributed by atoms with E-state index >= 15 is 0 Å². The fraction of sp³-hybridized carbons (Fsp3) is 0.0769. The summed E-state index contributed by atoms with van der Waals surface area (Å²) < 4.78 is 0.968. The van der Waals surface area contributed by atoms with Gasteiger partial charge in [-0.25, -0.2) is 5.43 Å². The van der Waals surface area contributed by atoms with Gasteiger partial charge in [0, 0.05) is 16.5 Å². The molecule has 1 amide bonds. The third-order valence-electron chi connectivity index (χ3n) is 2.51. The number of hydrogen-bond acceptors (Lipinski definition) is 5. The zero-order valence-electron chi connectivity index (χ0n) is 10.7. The summed E-state index contributed by atoms with van der Waals surface area (Å²) in [4.78, 5) is 23.0. The Bertz CT molecular complexity index is 699. The van der Waals surface area contributed by atoms with Crippen molar-refractivity contribution in [3.8, 4) is 0 Å². The molecule has 1 aromatic carbocycles. The first kappa shape index (κ1) is 15.3. The number of para-hydroxylation sites is 1. The van der Waals surface area contributed by atoms with Crippen molar-refractivity contribution in [3.63, 3.8) is 0 Å². The number of hydrazone groups is 1. The summed E-state index contributed by atoms with van der Waals surface area (Å²) in [6, 6.07) is 9.87. The summed E-state index contributed by atoms with van der Waals surface area (Å²) in [5, 5.41) is 14.7. The van der Waals surface area contributed by atoms with Crippen LogP contribution in [0.5, 0.6) is 0 Å². The molecule has 108 valence electrons. The van der Waals surface area contributed by atoms with Crippen molar-refractivity contribution in [1.82, 2.24) is 5.43 Å². The molecule has 0 fully saturated rings. The number of carbonyl (C=O) groups excluding carboxylic acids is 1. The molecule has 0 unspecified atom stereocenters. The van der Waals surface area contributed by atoms with Gasteiger partial charge in [0.05, 0.1) is 21.3 Å². The van der Waals surface area contributed by atoms with Crippen molar-refractivity contribution in [2.24, 2.45) is 5.10 Å². The van der Waals surface area contributed by atoms with Crippen LogP contribution < -0.4 is 5.43 Å². The molecule has 21 heavy (non-hydrogen) atoms. The van der Waals surface area contributed by atoms with Gasteiger partial charge in [-0.05, 0) is 28.1 Å². The van der Waals surface area contributed by atoms with E-state index in [9.17, 15) is 14.9 Å². The summed E-state index contributed by atoms with van der Waals surface area (Å²) in [5.74, 6) is -0.406. The van der Waals surface area contributed by atoms with Crippen LogP contribution in [0.15, 0.2) is 45.3 Å². The molecule has 8 heteroatoms. The Morgan fingerprint density at radius 2 is 2.14 bits per heavy atom. The molecule has 0 bridgehead atoms. The first-order valence-corrected chi connectivity index (χ1v) is 7.47. The zero-order valence-corrected chi connectivity index (χ0v) is 13.1. The maximum Gasteiger partial charge on any atom is 0.273 e. The van der Waals surface area contributed by atoms with Gasteiger partial charge >= 0.3 is 0 Å². The van der Waals surface area contributed by atoms with Crippen LogP contribution in [0.1, 0.15) is 10.4 Å². The van der Waals surface area contributed by atoms with E-state index in [1.54, 1.807) is 18.2 Å². The van der Waals surface area contributed by atoms with E-state index in [4.69, 9.17) is 0 Å². The maximum atomic E-state index is 11.7. The smallest absolute Gasteiger partial charge is 0.273 e. The molecule has 1 N–H and O–H groups in total. The van der Waals surface area contributed by atoms with E-state index in [1.165, 1.54) is 23.6 Å². The zero-order chi connectivity index (χ0) is 15.2. The number of nitro benzene ring substituents is 1. The Kier molecular flexibility index (Phi) is 5.18. The molecule has 2 rings (SSSR count). The Balaban J connectivity index is 1.96. The highest BCUT2D eigenvalue weighted by atomic mass is 79.9. The minimum Gasteiger partial charge on any atom is -0.273 e. The third-order valence-corrected chi connectivity index (χ3v) is 4.07.